The molecule has 0 aliphatic heterocycles. The normalized spacial score (nSPS) is 23.7. The van der Waals surface area contributed by atoms with E-state index in [2.05, 4.69) is 19.2 Å². The molecule has 19 heavy (non-hydrogen) atoms. The maximum absolute atomic E-state index is 11.3. The lowest BCUT2D eigenvalue weighted by atomic mass is 9.83. The fourth-order valence-corrected chi connectivity index (χ4v) is 3.14. The molecule has 1 aliphatic carbocycles. The van der Waals surface area contributed by atoms with Crippen LogP contribution in [0.15, 0.2) is 0 Å². The predicted molar refractivity (Wildman–Crippen MR) is 79.4 cm³/mol. The molecule has 0 aromatic carbocycles. The van der Waals surface area contributed by atoms with Gasteiger partial charge in [-0.2, -0.15) is 0 Å². The largest absolute Gasteiger partial charge is 0.481 e. The van der Waals surface area contributed by atoms with Crippen molar-refractivity contribution >= 4 is 5.97 Å². The van der Waals surface area contributed by atoms with Crippen molar-refractivity contribution in [1.82, 2.24) is 5.32 Å². The van der Waals surface area contributed by atoms with E-state index >= 15 is 0 Å². The van der Waals surface area contributed by atoms with Crippen molar-refractivity contribution in [2.24, 2.45) is 5.92 Å². The zero-order chi connectivity index (χ0) is 14.1. The van der Waals surface area contributed by atoms with Crippen LogP contribution in [0, 0.1) is 5.92 Å². The Morgan fingerprint density at radius 1 is 1.16 bits per heavy atom. The van der Waals surface area contributed by atoms with Crippen molar-refractivity contribution in [1.29, 1.82) is 0 Å². The highest BCUT2D eigenvalue weighted by Gasteiger charge is 2.31. The average Bonchev–Trinajstić information content (AvgIpc) is 2.42. The number of carboxylic acid groups (broad SMARTS) is 1. The average molecular weight is 269 g/mol. The van der Waals surface area contributed by atoms with Gasteiger partial charge in [0.15, 0.2) is 0 Å². The van der Waals surface area contributed by atoms with Gasteiger partial charge in [-0.05, 0) is 25.7 Å². The molecule has 0 amide bonds. The Bertz CT molecular complexity index is 247. The first-order valence-corrected chi connectivity index (χ1v) is 8.17. The maximum atomic E-state index is 11.3. The van der Waals surface area contributed by atoms with Crippen molar-refractivity contribution in [3.8, 4) is 0 Å². The molecule has 1 rings (SSSR count). The fraction of sp³-hybridized carbons (Fsp3) is 0.938. The van der Waals surface area contributed by atoms with Crippen molar-refractivity contribution < 1.29 is 9.90 Å². The van der Waals surface area contributed by atoms with Gasteiger partial charge >= 0.3 is 5.97 Å². The summed E-state index contributed by atoms with van der Waals surface area (Å²) in [6.07, 6.45) is 11.4. The van der Waals surface area contributed by atoms with Crippen LogP contribution in [0.1, 0.15) is 78.1 Å². The summed E-state index contributed by atoms with van der Waals surface area (Å²) in [4.78, 5) is 11.3. The molecule has 0 aromatic heterocycles. The van der Waals surface area contributed by atoms with Gasteiger partial charge in [0.1, 0.15) is 0 Å². The van der Waals surface area contributed by atoms with Crippen LogP contribution in [0.5, 0.6) is 0 Å². The second-order valence-corrected chi connectivity index (χ2v) is 5.98. The summed E-state index contributed by atoms with van der Waals surface area (Å²) >= 11 is 0. The van der Waals surface area contributed by atoms with E-state index in [1.165, 1.54) is 44.9 Å². The second-order valence-electron chi connectivity index (χ2n) is 5.98. The van der Waals surface area contributed by atoms with E-state index in [0.717, 1.165) is 19.3 Å². The van der Waals surface area contributed by atoms with E-state index in [-0.39, 0.29) is 12.0 Å². The third kappa shape index (κ3) is 5.94. The molecule has 0 aromatic rings. The van der Waals surface area contributed by atoms with Crippen LogP contribution >= 0.6 is 0 Å². The van der Waals surface area contributed by atoms with Crippen molar-refractivity contribution in [2.45, 2.75) is 90.1 Å². The highest BCUT2D eigenvalue weighted by molar-refractivity contribution is 5.71. The lowest BCUT2D eigenvalue weighted by molar-refractivity contribution is -0.143. The SMILES string of the molecule is CCCCC(CCCC)NC1CCCCC1C(=O)O. The third-order valence-electron chi connectivity index (χ3n) is 4.35. The predicted octanol–water partition coefficient (Wildman–Crippen LogP) is 3.97. The minimum Gasteiger partial charge on any atom is -0.481 e. The summed E-state index contributed by atoms with van der Waals surface area (Å²) in [5, 5.41) is 13.0. The van der Waals surface area contributed by atoms with E-state index in [1.54, 1.807) is 0 Å². The second kappa shape index (κ2) is 9.35. The van der Waals surface area contributed by atoms with Gasteiger partial charge < -0.3 is 10.4 Å². The number of nitrogens with one attached hydrogen (secondary N) is 1. The molecular weight excluding hydrogens is 238 g/mol. The number of rotatable bonds is 9. The quantitative estimate of drug-likeness (QED) is 0.666. The molecule has 0 spiro atoms. The van der Waals surface area contributed by atoms with Gasteiger partial charge in [-0.15, -0.1) is 0 Å². The standard InChI is InChI=1S/C16H31NO2/c1-3-5-9-13(10-6-4-2)17-15-12-8-7-11-14(15)16(18)19/h13-15,17H,3-12H2,1-2H3,(H,18,19). The Balaban J connectivity index is 2.50. The lowest BCUT2D eigenvalue weighted by Crippen LogP contribution is -2.47. The smallest absolute Gasteiger partial charge is 0.308 e. The van der Waals surface area contributed by atoms with Crippen molar-refractivity contribution in [3.63, 3.8) is 0 Å². The van der Waals surface area contributed by atoms with Crippen LogP contribution in [0.2, 0.25) is 0 Å². The summed E-state index contributed by atoms with van der Waals surface area (Å²) in [5.41, 5.74) is 0. The highest BCUT2D eigenvalue weighted by atomic mass is 16.4. The number of carbonyl (C=O) groups is 1. The number of unbranched alkanes of at least 4 members (excludes halogenated alkanes) is 2. The molecule has 112 valence electrons. The van der Waals surface area contributed by atoms with Gasteiger partial charge in [0, 0.05) is 12.1 Å². The molecular formula is C16H31NO2. The molecule has 1 aliphatic rings. The Hall–Kier alpha value is -0.570. The van der Waals surface area contributed by atoms with Crippen LogP contribution < -0.4 is 5.32 Å². The van der Waals surface area contributed by atoms with Crippen LogP contribution in [0.3, 0.4) is 0 Å². The number of aliphatic carboxylic acids is 1. The van der Waals surface area contributed by atoms with E-state index in [1.807, 2.05) is 0 Å². The summed E-state index contributed by atoms with van der Waals surface area (Å²) in [6.45, 7) is 4.44. The number of hydrogen-bond acceptors (Lipinski definition) is 2. The van der Waals surface area contributed by atoms with Gasteiger partial charge in [-0.3, -0.25) is 4.79 Å². The van der Waals surface area contributed by atoms with Crippen LogP contribution in [0.4, 0.5) is 0 Å². The Morgan fingerprint density at radius 2 is 1.74 bits per heavy atom. The summed E-state index contributed by atoms with van der Waals surface area (Å²) in [5.74, 6) is -0.776. The van der Waals surface area contributed by atoms with Gasteiger partial charge in [0.2, 0.25) is 0 Å². The molecule has 3 nitrogen and oxygen atoms in total. The topological polar surface area (TPSA) is 49.3 Å². The molecule has 2 atom stereocenters. The van der Waals surface area contributed by atoms with E-state index in [4.69, 9.17) is 0 Å². The molecule has 1 fully saturated rings. The summed E-state index contributed by atoms with van der Waals surface area (Å²) in [6, 6.07) is 0.717. The fourth-order valence-electron chi connectivity index (χ4n) is 3.14. The first-order chi connectivity index (χ1) is 9.19. The van der Waals surface area contributed by atoms with Crippen LogP contribution in [-0.4, -0.2) is 23.2 Å². The van der Waals surface area contributed by atoms with Crippen LogP contribution in [-0.2, 0) is 4.79 Å². The minimum atomic E-state index is -0.609. The molecule has 1 saturated carbocycles. The molecule has 0 saturated heterocycles. The van der Waals surface area contributed by atoms with E-state index < -0.39 is 5.97 Å². The van der Waals surface area contributed by atoms with Crippen molar-refractivity contribution in [3.05, 3.63) is 0 Å². The first-order valence-electron chi connectivity index (χ1n) is 8.17. The van der Waals surface area contributed by atoms with Gasteiger partial charge in [-0.25, -0.2) is 0 Å². The summed E-state index contributed by atoms with van der Waals surface area (Å²) < 4.78 is 0. The molecule has 0 heterocycles. The monoisotopic (exact) mass is 269 g/mol. The molecule has 2 unspecified atom stereocenters. The maximum Gasteiger partial charge on any atom is 0.308 e. The minimum absolute atomic E-state index is 0.167. The summed E-state index contributed by atoms with van der Waals surface area (Å²) in [7, 11) is 0. The van der Waals surface area contributed by atoms with E-state index in [9.17, 15) is 9.90 Å². The highest BCUT2D eigenvalue weighted by Crippen LogP contribution is 2.26. The van der Waals surface area contributed by atoms with Gasteiger partial charge in [0.05, 0.1) is 5.92 Å². The number of carboxylic acids is 1. The zero-order valence-corrected chi connectivity index (χ0v) is 12.7. The third-order valence-corrected chi connectivity index (χ3v) is 4.35. The molecule has 2 N–H and O–H groups in total. The first kappa shape index (κ1) is 16.5. The van der Waals surface area contributed by atoms with Gasteiger partial charge in [-0.1, -0.05) is 52.4 Å². The molecule has 0 radical (unpaired) electrons. The Morgan fingerprint density at radius 3 is 2.26 bits per heavy atom. The van der Waals surface area contributed by atoms with E-state index in [0.29, 0.717) is 6.04 Å². The molecule has 0 bridgehead atoms. The number of hydrogen-bond donors (Lipinski definition) is 2. The zero-order valence-electron chi connectivity index (χ0n) is 12.7. The van der Waals surface area contributed by atoms with Crippen LogP contribution in [0.25, 0.3) is 0 Å². The van der Waals surface area contributed by atoms with Crippen molar-refractivity contribution in [2.75, 3.05) is 0 Å². The molecule has 3 heteroatoms. The Kier molecular flexibility index (Phi) is 8.11. The lowest BCUT2D eigenvalue weighted by Gasteiger charge is -2.33. The Labute approximate surface area is 118 Å². The van der Waals surface area contributed by atoms with Gasteiger partial charge in [0.25, 0.3) is 0 Å².